The van der Waals surface area contributed by atoms with Gasteiger partial charge in [0, 0.05) is 0 Å². The maximum absolute atomic E-state index is 11.8. The van der Waals surface area contributed by atoms with E-state index in [1.165, 1.54) is 18.2 Å². The topological polar surface area (TPSA) is 98.5 Å². The van der Waals surface area contributed by atoms with E-state index in [9.17, 15) is 14.4 Å². The molecule has 2 rings (SSSR count). The van der Waals surface area contributed by atoms with Gasteiger partial charge in [0.1, 0.15) is 6.07 Å². The number of hydrogen-bond donors (Lipinski definition) is 1. The lowest BCUT2D eigenvalue weighted by Gasteiger charge is -2.15. The van der Waals surface area contributed by atoms with Gasteiger partial charge in [-0.15, -0.1) is 0 Å². The molecule has 6 heteroatoms. The Kier molecular flexibility index (Phi) is 2.37. The zero-order valence-corrected chi connectivity index (χ0v) is 8.45. The normalized spacial score (nSPS) is 15.4. The second kappa shape index (κ2) is 3.72. The van der Waals surface area contributed by atoms with Crippen LogP contribution in [0.4, 0.5) is 0 Å². The number of amides is 2. The van der Waals surface area contributed by atoms with Gasteiger partial charge in [0.05, 0.1) is 11.1 Å². The Morgan fingerprint density at radius 2 is 1.71 bits per heavy atom. The van der Waals surface area contributed by atoms with Crippen LogP contribution in [0.15, 0.2) is 24.3 Å². The molecule has 1 aliphatic heterocycles. The number of rotatable bonds is 2. The molecule has 1 heterocycles. The lowest BCUT2D eigenvalue weighted by atomic mass is 10.1. The first kappa shape index (κ1) is 10.8. The third kappa shape index (κ3) is 1.45. The molecular weight excluding hydrogens is 224 g/mol. The highest BCUT2D eigenvalue weighted by Gasteiger charge is 2.42. The number of aliphatic carboxylic acids is 1. The van der Waals surface area contributed by atoms with Gasteiger partial charge in [-0.2, -0.15) is 5.26 Å². The fraction of sp³-hybridized carbons (Fsp3) is 0.0909. The van der Waals surface area contributed by atoms with Gasteiger partial charge >= 0.3 is 5.97 Å². The Morgan fingerprint density at radius 3 is 2.06 bits per heavy atom. The molecule has 84 valence electrons. The van der Waals surface area contributed by atoms with E-state index in [1.807, 2.05) is 0 Å². The van der Waals surface area contributed by atoms with Crippen LogP contribution in [0, 0.1) is 11.3 Å². The Bertz CT molecular complexity index is 538. The molecule has 1 atom stereocenters. The van der Waals surface area contributed by atoms with Crippen LogP contribution in [-0.2, 0) is 4.79 Å². The van der Waals surface area contributed by atoms with Gasteiger partial charge < -0.3 is 5.11 Å². The summed E-state index contributed by atoms with van der Waals surface area (Å²) in [5, 5.41) is 17.5. The largest absolute Gasteiger partial charge is 0.479 e. The average molecular weight is 230 g/mol. The van der Waals surface area contributed by atoms with Crippen LogP contribution in [0.2, 0.25) is 0 Å². The highest BCUT2D eigenvalue weighted by Crippen LogP contribution is 2.24. The Balaban J connectivity index is 2.50. The first-order valence-electron chi connectivity index (χ1n) is 4.67. The van der Waals surface area contributed by atoms with Gasteiger partial charge in [-0.05, 0) is 12.1 Å². The summed E-state index contributed by atoms with van der Waals surface area (Å²) in [6.45, 7) is 0. The van der Waals surface area contributed by atoms with Gasteiger partial charge in [-0.25, -0.2) is 9.69 Å². The van der Waals surface area contributed by atoms with Crippen LogP contribution in [-0.4, -0.2) is 33.8 Å². The molecular formula is C11H6N2O4. The molecule has 0 aromatic heterocycles. The number of nitriles is 1. The molecule has 1 N–H and O–H groups in total. The van der Waals surface area contributed by atoms with Crippen molar-refractivity contribution in [1.29, 1.82) is 5.26 Å². The van der Waals surface area contributed by atoms with E-state index in [0.717, 1.165) is 0 Å². The van der Waals surface area contributed by atoms with E-state index >= 15 is 0 Å². The molecule has 2 amide bonds. The van der Waals surface area contributed by atoms with Crippen molar-refractivity contribution < 1.29 is 19.5 Å². The summed E-state index contributed by atoms with van der Waals surface area (Å²) in [7, 11) is 0. The van der Waals surface area contributed by atoms with Crippen LogP contribution in [0.25, 0.3) is 0 Å². The molecule has 0 saturated carbocycles. The first-order valence-corrected chi connectivity index (χ1v) is 4.67. The number of fused-ring (bicyclic) bond motifs is 1. The van der Waals surface area contributed by atoms with E-state index < -0.39 is 23.8 Å². The van der Waals surface area contributed by atoms with Crippen LogP contribution >= 0.6 is 0 Å². The standard InChI is InChI=1S/C11H6N2O4/c12-5-8(11(16)17)13-9(14)6-3-1-2-4-7(6)10(13)15/h1-4,8H,(H,16,17). The molecule has 0 fully saturated rings. The second-order valence-electron chi connectivity index (χ2n) is 3.40. The fourth-order valence-corrected chi connectivity index (χ4v) is 1.67. The maximum atomic E-state index is 11.8. The molecule has 0 bridgehead atoms. The minimum Gasteiger partial charge on any atom is -0.479 e. The van der Waals surface area contributed by atoms with Gasteiger partial charge in [0.2, 0.25) is 6.04 Å². The summed E-state index contributed by atoms with van der Waals surface area (Å²) in [5.74, 6) is -3.03. The van der Waals surface area contributed by atoms with Crippen molar-refractivity contribution in [2.24, 2.45) is 0 Å². The van der Waals surface area contributed by atoms with Gasteiger partial charge in [-0.1, -0.05) is 12.1 Å². The molecule has 1 aromatic rings. The molecule has 1 unspecified atom stereocenters. The summed E-state index contributed by atoms with van der Waals surface area (Å²) < 4.78 is 0. The first-order chi connectivity index (χ1) is 8.07. The lowest BCUT2D eigenvalue weighted by molar-refractivity contribution is -0.139. The van der Waals surface area contributed by atoms with E-state index in [1.54, 1.807) is 12.1 Å². The van der Waals surface area contributed by atoms with Crippen LogP contribution in [0.1, 0.15) is 20.7 Å². The van der Waals surface area contributed by atoms with Crippen molar-refractivity contribution in [1.82, 2.24) is 4.90 Å². The third-order valence-electron chi connectivity index (χ3n) is 2.44. The molecule has 6 nitrogen and oxygen atoms in total. The Labute approximate surface area is 95.7 Å². The number of carboxylic acids is 1. The third-order valence-corrected chi connectivity index (χ3v) is 2.44. The second-order valence-corrected chi connectivity index (χ2v) is 3.40. The summed E-state index contributed by atoms with van der Waals surface area (Å²) >= 11 is 0. The van der Waals surface area contributed by atoms with Crippen molar-refractivity contribution in [3.63, 3.8) is 0 Å². The molecule has 17 heavy (non-hydrogen) atoms. The average Bonchev–Trinajstić information content (AvgIpc) is 2.56. The van der Waals surface area contributed by atoms with Gasteiger partial charge in [-0.3, -0.25) is 9.59 Å². The lowest BCUT2D eigenvalue weighted by Crippen LogP contribution is -2.43. The number of nitrogens with zero attached hydrogens (tertiary/aromatic N) is 2. The number of carbonyl (C=O) groups is 3. The predicted octanol–water partition coefficient (Wildman–Crippen LogP) is 0.259. The number of benzene rings is 1. The van der Waals surface area contributed by atoms with Gasteiger partial charge in [0.25, 0.3) is 11.8 Å². The SMILES string of the molecule is N#CC(C(=O)O)N1C(=O)c2ccccc2C1=O. The fourth-order valence-electron chi connectivity index (χ4n) is 1.67. The number of imide groups is 1. The monoisotopic (exact) mass is 230 g/mol. The minimum absolute atomic E-state index is 0.124. The maximum Gasteiger partial charge on any atom is 0.341 e. The van der Waals surface area contributed by atoms with E-state index in [2.05, 4.69) is 0 Å². The number of carbonyl (C=O) groups excluding carboxylic acids is 2. The van der Waals surface area contributed by atoms with Crippen LogP contribution in [0.5, 0.6) is 0 Å². The van der Waals surface area contributed by atoms with E-state index in [-0.39, 0.29) is 11.1 Å². The van der Waals surface area contributed by atoms with Crippen molar-refractivity contribution in [3.05, 3.63) is 35.4 Å². The smallest absolute Gasteiger partial charge is 0.341 e. The minimum atomic E-state index is -1.79. The van der Waals surface area contributed by atoms with Crippen LogP contribution < -0.4 is 0 Å². The summed E-state index contributed by atoms with van der Waals surface area (Å²) in [6, 6.07) is 5.61. The molecule has 0 radical (unpaired) electrons. The molecule has 1 aliphatic rings. The molecule has 0 spiro atoms. The molecule has 0 saturated heterocycles. The summed E-state index contributed by atoms with van der Waals surface area (Å²) in [6.07, 6.45) is 0. The summed E-state index contributed by atoms with van der Waals surface area (Å²) in [5.41, 5.74) is 0.248. The van der Waals surface area contributed by atoms with Crippen LogP contribution in [0.3, 0.4) is 0 Å². The number of hydrogen-bond acceptors (Lipinski definition) is 4. The van der Waals surface area contributed by atoms with E-state index in [0.29, 0.717) is 4.90 Å². The van der Waals surface area contributed by atoms with Crippen molar-refractivity contribution in [2.75, 3.05) is 0 Å². The Morgan fingerprint density at radius 1 is 1.24 bits per heavy atom. The Hall–Kier alpha value is -2.68. The van der Waals surface area contributed by atoms with E-state index in [4.69, 9.17) is 10.4 Å². The highest BCUT2D eigenvalue weighted by atomic mass is 16.4. The van der Waals surface area contributed by atoms with Crippen molar-refractivity contribution in [2.45, 2.75) is 6.04 Å². The zero-order chi connectivity index (χ0) is 12.6. The highest BCUT2D eigenvalue weighted by molar-refractivity contribution is 6.22. The summed E-state index contributed by atoms with van der Waals surface area (Å²) in [4.78, 5) is 34.9. The van der Waals surface area contributed by atoms with Gasteiger partial charge in [0.15, 0.2) is 0 Å². The molecule has 0 aliphatic carbocycles. The number of carboxylic acid groups (broad SMARTS) is 1. The zero-order valence-electron chi connectivity index (χ0n) is 8.45. The van der Waals surface area contributed by atoms with Crippen molar-refractivity contribution in [3.8, 4) is 6.07 Å². The predicted molar refractivity (Wildman–Crippen MR) is 54.0 cm³/mol. The van der Waals surface area contributed by atoms with Crippen molar-refractivity contribution >= 4 is 17.8 Å². The quantitative estimate of drug-likeness (QED) is 0.734. The molecule has 1 aromatic carbocycles.